The van der Waals surface area contributed by atoms with Crippen LogP contribution in [0.1, 0.15) is 59.7 Å². The minimum Gasteiger partial charge on any atom is -0.339 e. The SMILES string of the molecule is Cc1c(NC(=O)c2cccc(C#N)c2)cnc2c1c([C@@H]1CCN(C(=O)C(C)C(F)(F)F)[C@@H](C)C1)cn2C. The number of aryl methyl sites for hydroxylation is 2. The normalized spacial score (nSPS) is 18.9. The van der Waals surface area contributed by atoms with Crippen LogP contribution in [0.25, 0.3) is 11.0 Å². The molecule has 1 fully saturated rings. The first-order valence-electron chi connectivity index (χ1n) is 12.1. The molecular formula is C27H28F3N5O2. The molecule has 0 bridgehead atoms. The van der Waals surface area contributed by atoms with Crippen LogP contribution >= 0.6 is 0 Å². The fourth-order valence-electron chi connectivity index (χ4n) is 5.07. The topological polar surface area (TPSA) is 91.0 Å². The van der Waals surface area contributed by atoms with Gasteiger partial charge < -0.3 is 14.8 Å². The lowest BCUT2D eigenvalue weighted by Crippen LogP contribution is -2.49. The molecule has 1 unspecified atom stereocenters. The third kappa shape index (κ3) is 5.03. The second-order valence-corrected chi connectivity index (χ2v) is 9.70. The molecule has 0 radical (unpaired) electrons. The summed E-state index contributed by atoms with van der Waals surface area (Å²) in [6.07, 6.45) is 0.0434. The monoisotopic (exact) mass is 511 g/mol. The van der Waals surface area contributed by atoms with Crippen LogP contribution in [0.4, 0.5) is 18.9 Å². The van der Waals surface area contributed by atoms with E-state index in [2.05, 4.69) is 10.3 Å². The highest BCUT2D eigenvalue weighted by atomic mass is 19.4. The zero-order chi connectivity index (χ0) is 27.1. The maximum absolute atomic E-state index is 13.1. The van der Waals surface area contributed by atoms with E-state index in [1.807, 2.05) is 30.8 Å². The van der Waals surface area contributed by atoms with Gasteiger partial charge in [0.15, 0.2) is 0 Å². The Hall–Kier alpha value is -3.87. The van der Waals surface area contributed by atoms with Crippen molar-refractivity contribution in [3.05, 3.63) is 58.9 Å². The van der Waals surface area contributed by atoms with Crippen LogP contribution in [0.3, 0.4) is 0 Å². The van der Waals surface area contributed by atoms with Crippen molar-refractivity contribution in [1.82, 2.24) is 14.5 Å². The van der Waals surface area contributed by atoms with Crippen LogP contribution < -0.4 is 5.32 Å². The van der Waals surface area contributed by atoms with Gasteiger partial charge in [-0.25, -0.2) is 4.98 Å². The third-order valence-electron chi connectivity index (χ3n) is 7.24. The maximum atomic E-state index is 13.1. The number of nitrogens with zero attached hydrogens (tertiary/aromatic N) is 4. The number of hydrogen-bond donors (Lipinski definition) is 1. The van der Waals surface area contributed by atoms with Crippen molar-refractivity contribution in [2.24, 2.45) is 13.0 Å². The standard InChI is InChI=1S/C27H28F3N5O2/c1-15-10-19(8-9-35(15)26(37)17(3)27(28,29)30)21-14-34(4)24-23(21)16(2)22(13-32-24)33-25(36)20-7-5-6-18(11-20)12-31/h5-7,11,13-15,17,19H,8-10H2,1-4H3,(H,33,36)/t15-,17?,19+/m0/s1. The maximum Gasteiger partial charge on any atom is 0.400 e. The number of hydrogen-bond acceptors (Lipinski definition) is 4. The molecular weight excluding hydrogens is 483 g/mol. The Morgan fingerprint density at radius 2 is 2.03 bits per heavy atom. The van der Waals surface area contributed by atoms with Gasteiger partial charge in [-0.05, 0) is 68.9 Å². The Morgan fingerprint density at radius 3 is 2.68 bits per heavy atom. The zero-order valence-electron chi connectivity index (χ0n) is 21.1. The number of pyridine rings is 1. The number of alkyl halides is 3. The van der Waals surface area contributed by atoms with Crippen molar-refractivity contribution in [2.45, 2.75) is 51.7 Å². The summed E-state index contributed by atoms with van der Waals surface area (Å²) in [5, 5.41) is 12.9. The van der Waals surface area contributed by atoms with Gasteiger partial charge in [0.25, 0.3) is 5.91 Å². The summed E-state index contributed by atoms with van der Waals surface area (Å²) in [5.41, 5.74) is 3.81. The molecule has 37 heavy (non-hydrogen) atoms. The van der Waals surface area contributed by atoms with Gasteiger partial charge in [-0.3, -0.25) is 9.59 Å². The molecule has 1 N–H and O–H groups in total. The number of nitriles is 1. The number of likely N-dealkylation sites (tertiary alicyclic amines) is 1. The van der Waals surface area contributed by atoms with Crippen molar-refractivity contribution < 1.29 is 22.8 Å². The largest absolute Gasteiger partial charge is 0.400 e. The number of carbonyl (C=O) groups is 2. The Labute approximate surface area is 212 Å². The Balaban J connectivity index is 1.60. The summed E-state index contributed by atoms with van der Waals surface area (Å²) in [7, 11) is 1.87. The zero-order valence-corrected chi connectivity index (χ0v) is 21.1. The Bertz CT molecular complexity index is 1410. The molecule has 1 saturated heterocycles. The molecule has 7 nitrogen and oxygen atoms in total. The summed E-state index contributed by atoms with van der Waals surface area (Å²) in [4.78, 5) is 31.3. The van der Waals surface area contributed by atoms with E-state index in [1.54, 1.807) is 31.3 Å². The van der Waals surface area contributed by atoms with E-state index in [0.29, 0.717) is 29.7 Å². The van der Waals surface area contributed by atoms with Gasteiger partial charge in [0, 0.05) is 36.8 Å². The van der Waals surface area contributed by atoms with Crippen molar-refractivity contribution >= 4 is 28.5 Å². The first kappa shape index (κ1) is 26.2. The van der Waals surface area contributed by atoms with E-state index < -0.39 is 18.0 Å². The van der Waals surface area contributed by atoms with E-state index >= 15 is 0 Å². The number of piperidine rings is 1. The molecule has 0 saturated carbocycles. The second-order valence-electron chi connectivity index (χ2n) is 9.70. The lowest BCUT2D eigenvalue weighted by atomic mass is 9.84. The van der Waals surface area contributed by atoms with Crippen molar-refractivity contribution in [3.8, 4) is 6.07 Å². The van der Waals surface area contributed by atoms with E-state index in [4.69, 9.17) is 5.26 Å². The highest BCUT2D eigenvalue weighted by Crippen LogP contribution is 2.39. The Morgan fingerprint density at radius 1 is 1.30 bits per heavy atom. The summed E-state index contributed by atoms with van der Waals surface area (Å²) < 4.78 is 41.3. The number of carbonyl (C=O) groups excluding carboxylic acids is 2. The van der Waals surface area contributed by atoms with Crippen LogP contribution in [-0.2, 0) is 11.8 Å². The number of anilines is 1. The van der Waals surface area contributed by atoms with Gasteiger partial charge in [0.05, 0.1) is 23.5 Å². The molecule has 3 atom stereocenters. The van der Waals surface area contributed by atoms with Gasteiger partial charge in [0.1, 0.15) is 11.6 Å². The molecule has 4 rings (SSSR count). The van der Waals surface area contributed by atoms with Crippen LogP contribution in [0, 0.1) is 24.2 Å². The molecule has 2 aromatic heterocycles. The fourth-order valence-corrected chi connectivity index (χ4v) is 5.07. The average molecular weight is 512 g/mol. The van der Waals surface area contributed by atoms with Crippen LogP contribution in [-0.4, -0.2) is 45.0 Å². The summed E-state index contributed by atoms with van der Waals surface area (Å²) in [5.74, 6) is -3.27. The van der Waals surface area contributed by atoms with Gasteiger partial charge >= 0.3 is 6.18 Å². The summed E-state index contributed by atoms with van der Waals surface area (Å²) in [6.45, 7) is 4.82. The molecule has 10 heteroatoms. The second kappa shape index (κ2) is 9.88. The minimum atomic E-state index is -4.57. The van der Waals surface area contributed by atoms with Crippen LogP contribution in [0.15, 0.2) is 36.7 Å². The number of aromatic nitrogens is 2. The predicted octanol–water partition coefficient (Wildman–Crippen LogP) is 5.30. The van der Waals surface area contributed by atoms with Gasteiger partial charge in [-0.2, -0.15) is 18.4 Å². The summed E-state index contributed by atoms with van der Waals surface area (Å²) >= 11 is 0. The average Bonchev–Trinajstić information content (AvgIpc) is 3.21. The molecule has 0 spiro atoms. The number of rotatable bonds is 4. The van der Waals surface area contributed by atoms with E-state index in [9.17, 15) is 22.8 Å². The quantitative estimate of drug-likeness (QED) is 0.515. The van der Waals surface area contributed by atoms with E-state index in [0.717, 1.165) is 29.1 Å². The number of fused-ring (bicyclic) bond motifs is 1. The molecule has 1 aromatic carbocycles. The molecule has 3 aromatic rings. The molecule has 2 amide bonds. The smallest absolute Gasteiger partial charge is 0.339 e. The Kier molecular flexibility index (Phi) is 7.00. The molecule has 1 aliphatic heterocycles. The van der Waals surface area contributed by atoms with E-state index in [1.165, 1.54) is 11.0 Å². The van der Waals surface area contributed by atoms with Crippen LogP contribution in [0.2, 0.25) is 0 Å². The van der Waals surface area contributed by atoms with E-state index in [-0.39, 0.29) is 24.4 Å². The number of benzene rings is 1. The highest BCUT2D eigenvalue weighted by Gasteiger charge is 2.45. The summed E-state index contributed by atoms with van der Waals surface area (Å²) in [6, 6.07) is 8.07. The first-order valence-corrected chi connectivity index (χ1v) is 12.1. The minimum absolute atomic E-state index is 0.0164. The molecule has 194 valence electrons. The van der Waals surface area contributed by atoms with Gasteiger partial charge in [0.2, 0.25) is 5.91 Å². The number of amides is 2. The molecule has 3 heterocycles. The van der Waals surface area contributed by atoms with Gasteiger partial charge in [-0.1, -0.05) is 6.07 Å². The van der Waals surface area contributed by atoms with Crippen molar-refractivity contribution in [1.29, 1.82) is 5.26 Å². The fraction of sp³-hybridized carbons (Fsp3) is 0.407. The highest BCUT2D eigenvalue weighted by molar-refractivity contribution is 6.06. The predicted molar refractivity (Wildman–Crippen MR) is 133 cm³/mol. The molecule has 0 aliphatic carbocycles. The third-order valence-corrected chi connectivity index (χ3v) is 7.24. The van der Waals surface area contributed by atoms with Gasteiger partial charge in [-0.15, -0.1) is 0 Å². The number of halogens is 3. The van der Waals surface area contributed by atoms with Crippen molar-refractivity contribution in [2.75, 3.05) is 11.9 Å². The number of nitrogens with one attached hydrogen (secondary N) is 1. The van der Waals surface area contributed by atoms with Crippen molar-refractivity contribution in [3.63, 3.8) is 0 Å². The molecule has 1 aliphatic rings. The lowest BCUT2D eigenvalue weighted by Gasteiger charge is -2.39. The first-order chi connectivity index (χ1) is 17.4. The lowest BCUT2D eigenvalue weighted by molar-refractivity contribution is -0.187. The van der Waals surface area contributed by atoms with Crippen LogP contribution in [0.5, 0.6) is 0 Å².